The van der Waals surface area contributed by atoms with Gasteiger partial charge in [-0.2, -0.15) is 0 Å². The minimum atomic E-state index is -0.761. The molecule has 0 N–H and O–H groups in total. The third kappa shape index (κ3) is 49.4. The van der Waals surface area contributed by atoms with Crippen LogP contribution in [0.25, 0.3) is 0 Å². The second-order valence-corrected chi connectivity index (χ2v) is 19.7. The number of carbonyl (C=O) groups is 3. The van der Waals surface area contributed by atoms with E-state index in [0.29, 0.717) is 19.3 Å². The smallest absolute Gasteiger partial charge is 0.306 e. The van der Waals surface area contributed by atoms with E-state index in [2.05, 4.69) is 27.7 Å². The van der Waals surface area contributed by atoms with Crippen LogP contribution >= 0.6 is 0 Å². The second-order valence-electron chi connectivity index (χ2n) is 19.7. The highest BCUT2D eigenvalue weighted by Gasteiger charge is 2.19. The minimum Gasteiger partial charge on any atom is -0.462 e. The van der Waals surface area contributed by atoms with Crippen LogP contribution in [-0.4, -0.2) is 37.2 Å². The van der Waals surface area contributed by atoms with Gasteiger partial charge in [0.1, 0.15) is 13.2 Å². The molecule has 0 aliphatic heterocycles. The fraction of sp³-hybridized carbons (Fsp3) is 0.946. The summed E-state index contributed by atoms with van der Waals surface area (Å²) in [5.74, 6) is 0.00155. The molecule has 0 rings (SSSR count). The molecule has 0 saturated carbocycles. The lowest BCUT2D eigenvalue weighted by Crippen LogP contribution is -2.30. The summed E-state index contributed by atoms with van der Waals surface area (Å²) in [6, 6.07) is 0. The highest BCUT2D eigenvalue weighted by atomic mass is 16.6. The molecule has 0 fully saturated rings. The van der Waals surface area contributed by atoms with Gasteiger partial charge in [-0.15, -0.1) is 0 Å². The monoisotopic (exact) mass is 877 g/mol. The number of hydrogen-bond donors (Lipinski definition) is 0. The van der Waals surface area contributed by atoms with E-state index in [1.54, 1.807) is 0 Å². The van der Waals surface area contributed by atoms with E-state index in [9.17, 15) is 14.4 Å². The van der Waals surface area contributed by atoms with Crippen LogP contribution in [0.15, 0.2) is 0 Å². The molecular weight excluding hydrogens is 769 g/mol. The largest absolute Gasteiger partial charge is 0.462 e. The Balaban J connectivity index is 4.28. The molecule has 0 aliphatic rings. The Kier molecular flexibility index (Phi) is 49.1. The summed E-state index contributed by atoms with van der Waals surface area (Å²) < 4.78 is 16.9. The molecule has 0 amide bonds. The van der Waals surface area contributed by atoms with Crippen LogP contribution in [0.3, 0.4) is 0 Å². The highest BCUT2D eigenvalue weighted by molar-refractivity contribution is 5.71. The van der Waals surface area contributed by atoms with E-state index in [1.807, 2.05) is 0 Å². The van der Waals surface area contributed by atoms with Crippen molar-refractivity contribution in [2.75, 3.05) is 13.2 Å². The summed E-state index contributed by atoms with van der Waals surface area (Å²) in [5, 5.41) is 0. The lowest BCUT2D eigenvalue weighted by Gasteiger charge is -2.18. The maximum absolute atomic E-state index is 12.8. The van der Waals surface area contributed by atoms with Crippen molar-refractivity contribution in [2.24, 2.45) is 5.92 Å². The molecule has 6 heteroatoms. The van der Waals surface area contributed by atoms with Crippen LogP contribution < -0.4 is 0 Å². The second kappa shape index (κ2) is 50.4. The van der Waals surface area contributed by atoms with Crippen LogP contribution in [0.4, 0.5) is 0 Å². The highest BCUT2D eigenvalue weighted by Crippen LogP contribution is 2.18. The molecule has 0 aromatic rings. The summed E-state index contributed by atoms with van der Waals surface area (Å²) >= 11 is 0. The fourth-order valence-corrected chi connectivity index (χ4v) is 8.57. The first-order chi connectivity index (χ1) is 30.4. The number of esters is 3. The van der Waals surface area contributed by atoms with Crippen LogP contribution in [0.5, 0.6) is 0 Å². The maximum atomic E-state index is 12.8. The number of hydrogen-bond acceptors (Lipinski definition) is 6. The minimum absolute atomic E-state index is 0.0621. The first-order valence-electron chi connectivity index (χ1n) is 27.9. The van der Waals surface area contributed by atoms with Gasteiger partial charge in [-0.05, 0) is 25.2 Å². The summed E-state index contributed by atoms with van der Waals surface area (Å²) in [7, 11) is 0. The summed E-state index contributed by atoms with van der Waals surface area (Å²) in [6.07, 6.45) is 53.7. The van der Waals surface area contributed by atoms with Crippen molar-refractivity contribution >= 4 is 17.9 Å². The molecule has 1 atom stereocenters. The van der Waals surface area contributed by atoms with E-state index in [-0.39, 0.29) is 31.1 Å². The van der Waals surface area contributed by atoms with Crippen molar-refractivity contribution in [3.8, 4) is 0 Å². The summed E-state index contributed by atoms with van der Waals surface area (Å²) in [5.41, 5.74) is 0. The van der Waals surface area contributed by atoms with Gasteiger partial charge in [0.2, 0.25) is 0 Å². The number of unbranched alkanes of at least 4 members (excludes halogenated alkanes) is 38. The molecule has 0 aromatic carbocycles. The van der Waals surface area contributed by atoms with E-state index < -0.39 is 6.10 Å². The van der Waals surface area contributed by atoms with Crippen molar-refractivity contribution in [2.45, 2.75) is 323 Å². The molecule has 6 nitrogen and oxygen atoms in total. The van der Waals surface area contributed by atoms with E-state index >= 15 is 0 Å². The third-order valence-corrected chi connectivity index (χ3v) is 12.8. The predicted octanol–water partition coefficient (Wildman–Crippen LogP) is 18.2. The molecule has 0 spiro atoms. The SMILES string of the molecule is CCCCCCCCCCCCCCCCCCC(=O)OC[C@@H](COC(=O)CCCCCCCCCCCCCCCC(C)C)OC(=O)CCCCCCCCCCCCCC. The van der Waals surface area contributed by atoms with Crippen LogP contribution in [0.2, 0.25) is 0 Å². The van der Waals surface area contributed by atoms with E-state index in [4.69, 9.17) is 14.2 Å². The lowest BCUT2D eigenvalue weighted by atomic mass is 10.0. The molecule has 0 aliphatic carbocycles. The van der Waals surface area contributed by atoms with Gasteiger partial charge in [0.15, 0.2) is 6.10 Å². The molecule has 0 radical (unpaired) electrons. The Labute approximate surface area is 387 Å². The zero-order valence-corrected chi connectivity index (χ0v) is 42.3. The van der Waals surface area contributed by atoms with Gasteiger partial charge >= 0.3 is 17.9 Å². The van der Waals surface area contributed by atoms with Crippen LogP contribution in [0.1, 0.15) is 317 Å². The van der Waals surface area contributed by atoms with E-state index in [1.165, 1.54) is 212 Å². The van der Waals surface area contributed by atoms with Gasteiger partial charge in [0.25, 0.3) is 0 Å². The van der Waals surface area contributed by atoms with Crippen LogP contribution in [-0.2, 0) is 28.6 Å². The molecule has 62 heavy (non-hydrogen) atoms. The average Bonchev–Trinajstić information content (AvgIpc) is 3.26. The third-order valence-electron chi connectivity index (χ3n) is 12.8. The lowest BCUT2D eigenvalue weighted by molar-refractivity contribution is -0.167. The van der Waals surface area contributed by atoms with Crippen molar-refractivity contribution in [1.82, 2.24) is 0 Å². The molecule has 0 bridgehead atoms. The Hall–Kier alpha value is -1.59. The first kappa shape index (κ1) is 60.4. The van der Waals surface area contributed by atoms with Crippen molar-refractivity contribution in [1.29, 1.82) is 0 Å². The zero-order chi connectivity index (χ0) is 45.2. The number of carbonyl (C=O) groups excluding carboxylic acids is 3. The maximum Gasteiger partial charge on any atom is 0.306 e. The predicted molar refractivity (Wildman–Crippen MR) is 266 cm³/mol. The Morgan fingerprint density at radius 1 is 0.306 bits per heavy atom. The molecule has 0 unspecified atom stereocenters. The number of ether oxygens (including phenoxy) is 3. The standard InChI is InChI=1S/C56H108O6/c1-5-7-9-11-13-15-17-19-20-21-24-28-31-35-39-43-47-54(57)60-50-53(62-56(59)49-45-41-37-33-27-18-16-14-12-10-8-6-2)51-61-55(58)48-44-40-36-32-29-25-22-23-26-30-34-38-42-46-52(3)4/h52-53H,5-51H2,1-4H3/t53-/m0/s1. The summed E-state index contributed by atoms with van der Waals surface area (Å²) in [6.45, 7) is 9.05. The first-order valence-corrected chi connectivity index (χ1v) is 27.9. The van der Waals surface area contributed by atoms with Gasteiger partial charge in [0, 0.05) is 19.3 Å². The average molecular weight is 877 g/mol. The fourth-order valence-electron chi connectivity index (χ4n) is 8.57. The van der Waals surface area contributed by atoms with Crippen LogP contribution in [0, 0.1) is 5.92 Å². The number of rotatable bonds is 51. The van der Waals surface area contributed by atoms with E-state index in [0.717, 1.165) is 63.7 Å². The topological polar surface area (TPSA) is 78.9 Å². The van der Waals surface area contributed by atoms with Gasteiger partial charge in [-0.3, -0.25) is 14.4 Å². The molecule has 0 saturated heterocycles. The zero-order valence-electron chi connectivity index (χ0n) is 42.3. The Morgan fingerprint density at radius 3 is 0.790 bits per heavy atom. The van der Waals surface area contributed by atoms with Crippen molar-refractivity contribution < 1.29 is 28.6 Å². The molecule has 0 heterocycles. The molecule has 0 aromatic heterocycles. The normalized spacial score (nSPS) is 12.0. The van der Waals surface area contributed by atoms with Gasteiger partial charge < -0.3 is 14.2 Å². The van der Waals surface area contributed by atoms with Crippen molar-refractivity contribution in [3.63, 3.8) is 0 Å². The van der Waals surface area contributed by atoms with Gasteiger partial charge in [0.05, 0.1) is 0 Å². The van der Waals surface area contributed by atoms with Crippen molar-refractivity contribution in [3.05, 3.63) is 0 Å². The Morgan fingerprint density at radius 2 is 0.532 bits per heavy atom. The van der Waals surface area contributed by atoms with Gasteiger partial charge in [-0.25, -0.2) is 0 Å². The molecule has 368 valence electrons. The molecular formula is C56H108O6. The Bertz CT molecular complexity index is 933. The summed E-state index contributed by atoms with van der Waals surface area (Å²) in [4.78, 5) is 38.0. The van der Waals surface area contributed by atoms with Gasteiger partial charge in [-0.1, -0.05) is 278 Å². The quantitative estimate of drug-likeness (QED) is 0.0344.